The van der Waals surface area contributed by atoms with E-state index in [1.807, 2.05) is 23.3 Å². The minimum absolute atomic E-state index is 0.0544. The average Bonchev–Trinajstić information content (AvgIpc) is 3.16. The van der Waals surface area contributed by atoms with E-state index in [1.165, 1.54) is 0 Å². The number of aromatic nitrogens is 2. The van der Waals surface area contributed by atoms with Crippen LogP contribution in [0.1, 0.15) is 48.8 Å². The van der Waals surface area contributed by atoms with Gasteiger partial charge in [-0.3, -0.25) is 4.98 Å². The van der Waals surface area contributed by atoms with Gasteiger partial charge in [-0.25, -0.2) is 9.78 Å². The van der Waals surface area contributed by atoms with Crippen LogP contribution >= 0.6 is 11.3 Å². The van der Waals surface area contributed by atoms with Crippen molar-refractivity contribution in [2.75, 3.05) is 13.7 Å². The van der Waals surface area contributed by atoms with Crippen LogP contribution in [-0.2, 0) is 0 Å². The quantitative estimate of drug-likeness (QED) is 0.919. The maximum absolute atomic E-state index is 12.8. The lowest BCUT2D eigenvalue weighted by molar-refractivity contribution is 0.148. The summed E-state index contributed by atoms with van der Waals surface area (Å²) in [5.41, 5.74) is 0.920. The molecular weight excluding hydrogens is 324 g/mol. The summed E-state index contributed by atoms with van der Waals surface area (Å²) in [6, 6.07) is 1.74. The average molecular weight is 346 g/mol. The van der Waals surface area contributed by atoms with Gasteiger partial charge >= 0.3 is 6.03 Å². The molecule has 0 aliphatic carbocycles. The van der Waals surface area contributed by atoms with Gasteiger partial charge in [0, 0.05) is 29.9 Å². The smallest absolute Gasteiger partial charge is 0.318 e. The van der Waals surface area contributed by atoms with Gasteiger partial charge in [-0.1, -0.05) is 0 Å². The third kappa shape index (κ3) is 3.51. The van der Waals surface area contributed by atoms with E-state index in [0.717, 1.165) is 36.4 Å². The van der Waals surface area contributed by atoms with E-state index in [0.29, 0.717) is 5.75 Å². The number of piperidine rings is 1. The Morgan fingerprint density at radius 1 is 1.46 bits per heavy atom. The molecule has 1 aliphatic rings. The van der Waals surface area contributed by atoms with Crippen LogP contribution in [0.4, 0.5) is 4.79 Å². The Bertz CT molecular complexity index is 677. The lowest BCUT2D eigenvalue weighted by Crippen LogP contribution is -2.45. The molecule has 2 atom stereocenters. The number of urea groups is 1. The highest BCUT2D eigenvalue weighted by Gasteiger charge is 2.30. The highest BCUT2D eigenvalue weighted by atomic mass is 32.1. The molecule has 0 spiro atoms. The van der Waals surface area contributed by atoms with E-state index in [9.17, 15) is 4.79 Å². The number of rotatable bonds is 4. The number of carbonyl (C=O) groups is 1. The normalized spacial score (nSPS) is 18.9. The first-order chi connectivity index (χ1) is 11.7. The second kappa shape index (κ2) is 7.61. The topological polar surface area (TPSA) is 67.3 Å². The molecule has 0 aromatic carbocycles. The molecule has 2 aromatic rings. The molecule has 0 saturated carbocycles. The molecule has 128 valence electrons. The van der Waals surface area contributed by atoms with Crippen LogP contribution in [0, 0.1) is 0 Å². The molecule has 24 heavy (non-hydrogen) atoms. The molecule has 1 aliphatic heterocycles. The minimum atomic E-state index is -0.158. The second-order valence-corrected chi connectivity index (χ2v) is 6.79. The van der Waals surface area contributed by atoms with Gasteiger partial charge in [0.25, 0.3) is 0 Å². The second-order valence-electron chi connectivity index (χ2n) is 5.86. The number of likely N-dealkylation sites (tertiary alicyclic amines) is 1. The van der Waals surface area contributed by atoms with E-state index in [2.05, 4.69) is 15.3 Å². The number of ether oxygens (including phenoxy) is 1. The summed E-state index contributed by atoms with van der Waals surface area (Å²) in [6.45, 7) is 2.72. The maximum Gasteiger partial charge on any atom is 0.318 e. The number of methoxy groups -OCH3 is 1. The summed E-state index contributed by atoms with van der Waals surface area (Å²) < 4.78 is 5.34. The van der Waals surface area contributed by atoms with Gasteiger partial charge in [0.2, 0.25) is 0 Å². The number of amides is 2. The van der Waals surface area contributed by atoms with E-state index in [4.69, 9.17) is 4.74 Å². The van der Waals surface area contributed by atoms with Crippen LogP contribution in [0.3, 0.4) is 0 Å². The Hall–Kier alpha value is -2.15. The number of thiazole rings is 1. The molecule has 0 bridgehead atoms. The first kappa shape index (κ1) is 16.7. The zero-order valence-electron chi connectivity index (χ0n) is 13.9. The van der Waals surface area contributed by atoms with Crippen molar-refractivity contribution < 1.29 is 9.53 Å². The highest BCUT2D eigenvalue weighted by molar-refractivity contribution is 7.09. The Labute approximate surface area is 145 Å². The number of carbonyl (C=O) groups excluding carboxylic acids is 1. The summed E-state index contributed by atoms with van der Waals surface area (Å²) >= 11 is 1.61. The molecule has 2 unspecified atom stereocenters. The van der Waals surface area contributed by atoms with Crippen molar-refractivity contribution in [1.82, 2.24) is 20.2 Å². The Morgan fingerprint density at radius 2 is 2.33 bits per heavy atom. The third-order valence-electron chi connectivity index (χ3n) is 4.34. The lowest BCUT2D eigenvalue weighted by atomic mass is 10.0. The first-order valence-electron chi connectivity index (χ1n) is 8.15. The fourth-order valence-corrected chi connectivity index (χ4v) is 3.88. The van der Waals surface area contributed by atoms with Gasteiger partial charge in [0.1, 0.15) is 10.8 Å². The van der Waals surface area contributed by atoms with Crippen LogP contribution in [0.15, 0.2) is 30.0 Å². The number of nitrogens with zero attached hydrogens (tertiary/aromatic N) is 3. The van der Waals surface area contributed by atoms with Gasteiger partial charge < -0.3 is 15.0 Å². The number of nitrogens with one attached hydrogen (secondary N) is 1. The predicted molar refractivity (Wildman–Crippen MR) is 93.1 cm³/mol. The standard InChI is InChI=1S/C17H22N4O2S/c1-12(13-6-7-18-11-15(13)23-2)20-17(22)21-9-4-3-5-14(21)16-19-8-10-24-16/h6-8,10-12,14H,3-5,9H2,1-2H3,(H,20,22). The molecule has 3 rings (SSSR count). The molecular formula is C17H22N4O2S. The SMILES string of the molecule is COc1cnccc1C(C)NC(=O)N1CCCCC1c1nccs1. The zero-order chi connectivity index (χ0) is 16.9. The van der Waals surface area contributed by atoms with Crippen molar-refractivity contribution in [3.05, 3.63) is 40.6 Å². The summed E-state index contributed by atoms with van der Waals surface area (Å²) in [5, 5.41) is 6.06. The molecule has 2 aromatic heterocycles. The Kier molecular flexibility index (Phi) is 5.30. The van der Waals surface area contributed by atoms with Gasteiger partial charge in [0.15, 0.2) is 0 Å². The third-order valence-corrected chi connectivity index (χ3v) is 5.22. The van der Waals surface area contributed by atoms with Crippen LogP contribution in [0.25, 0.3) is 0 Å². The van der Waals surface area contributed by atoms with Crippen molar-refractivity contribution in [3.8, 4) is 5.75 Å². The lowest BCUT2D eigenvalue weighted by Gasteiger charge is -2.35. The van der Waals surface area contributed by atoms with Crippen molar-refractivity contribution in [2.24, 2.45) is 0 Å². The maximum atomic E-state index is 12.8. The summed E-state index contributed by atoms with van der Waals surface area (Å²) in [5.74, 6) is 0.681. The van der Waals surface area contributed by atoms with E-state index in [1.54, 1.807) is 37.0 Å². The number of hydrogen-bond donors (Lipinski definition) is 1. The zero-order valence-corrected chi connectivity index (χ0v) is 14.8. The summed E-state index contributed by atoms with van der Waals surface area (Å²) in [6.07, 6.45) is 8.30. The van der Waals surface area contributed by atoms with E-state index >= 15 is 0 Å². The summed E-state index contributed by atoms with van der Waals surface area (Å²) in [7, 11) is 1.61. The van der Waals surface area contributed by atoms with Gasteiger partial charge in [-0.05, 0) is 32.3 Å². The van der Waals surface area contributed by atoms with Crippen LogP contribution < -0.4 is 10.1 Å². The molecule has 1 fully saturated rings. The number of pyridine rings is 1. The van der Waals surface area contributed by atoms with E-state index < -0.39 is 0 Å². The Morgan fingerprint density at radius 3 is 3.08 bits per heavy atom. The highest BCUT2D eigenvalue weighted by Crippen LogP contribution is 2.32. The van der Waals surface area contributed by atoms with Crippen molar-refractivity contribution >= 4 is 17.4 Å². The molecule has 1 N–H and O–H groups in total. The minimum Gasteiger partial charge on any atom is -0.495 e. The van der Waals surface area contributed by atoms with Gasteiger partial charge in [0.05, 0.1) is 25.4 Å². The van der Waals surface area contributed by atoms with Crippen LogP contribution in [0.2, 0.25) is 0 Å². The largest absolute Gasteiger partial charge is 0.495 e. The molecule has 3 heterocycles. The van der Waals surface area contributed by atoms with Crippen molar-refractivity contribution in [3.63, 3.8) is 0 Å². The fraction of sp³-hybridized carbons (Fsp3) is 0.471. The molecule has 0 radical (unpaired) electrons. The van der Waals surface area contributed by atoms with Crippen molar-refractivity contribution in [1.29, 1.82) is 0 Å². The van der Waals surface area contributed by atoms with Crippen LogP contribution in [0.5, 0.6) is 5.75 Å². The van der Waals surface area contributed by atoms with Gasteiger partial charge in [-0.15, -0.1) is 11.3 Å². The molecule has 1 saturated heterocycles. The van der Waals surface area contributed by atoms with Crippen LogP contribution in [-0.4, -0.2) is 34.6 Å². The van der Waals surface area contributed by atoms with Crippen molar-refractivity contribution in [2.45, 2.75) is 38.3 Å². The Balaban J connectivity index is 1.73. The van der Waals surface area contributed by atoms with Gasteiger partial charge in [-0.2, -0.15) is 0 Å². The molecule has 2 amide bonds. The predicted octanol–water partition coefficient (Wildman–Crippen LogP) is 3.54. The van der Waals surface area contributed by atoms with E-state index in [-0.39, 0.29) is 18.1 Å². The monoisotopic (exact) mass is 346 g/mol. The molecule has 7 heteroatoms. The number of hydrogen-bond acceptors (Lipinski definition) is 5. The first-order valence-corrected chi connectivity index (χ1v) is 9.03. The fourth-order valence-electron chi connectivity index (χ4n) is 3.10. The summed E-state index contributed by atoms with van der Waals surface area (Å²) in [4.78, 5) is 23.2. The molecule has 6 nitrogen and oxygen atoms in total.